The van der Waals surface area contributed by atoms with Gasteiger partial charge in [0, 0.05) is 0 Å². The normalized spacial score (nSPS) is 32.3. The summed E-state index contributed by atoms with van der Waals surface area (Å²) in [4.78, 5) is 11.9. The molecule has 3 nitrogen and oxygen atoms in total. The van der Waals surface area contributed by atoms with E-state index in [1.165, 1.54) is 6.42 Å². The van der Waals surface area contributed by atoms with E-state index < -0.39 is 0 Å². The number of hydrogen-bond donors (Lipinski definition) is 0. The Balaban J connectivity index is 1.60. The Morgan fingerprint density at radius 3 is 2.74 bits per heavy atom. The van der Waals surface area contributed by atoms with Crippen LogP contribution in [0, 0.1) is 17.8 Å². The van der Waals surface area contributed by atoms with Gasteiger partial charge in [0.2, 0.25) is 0 Å². The van der Waals surface area contributed by atoms with Gasteiger partial charge in [-0.1, -0.05) is 27.2 Å². The van der Waals surface area contributed by atoms with E-state index >= 15 is 0 Å². The van der Waals surface area contributed by atoms with Crippen LogP contribution < -0.4 is 0 Å². The van der Waals surface area contributed by atoms with Crippen LogP contribution in [0.5, 0.6) is 0 Å². The number of hydrogen-bond acceptors (Lipinski definition) is 3. The summed E-state index contributed by atoms with van der Waals surface area (Å²) in [6.45, 7) is 7.03. The molecule has 1 aliphatic heterocycles. The standard InChI is InChI=1S/C16H28O3/c1-4-11(2)5-6-12(3)16(17)18-10-13-7-8-14-15(9-13)19-14/h11-15H,4-10H2,1-3H3. The molecule has 5 unspecified atom stereocenters. The molecule has 0 N–H and O–H groups in total. The Morgan fingerprint density at radius 1 is 1.26 bits per heavy atom. The number of carbonyl (C=O) groups is 1. The highest BCUT2D eigenvalue weighted by Crippen LogP contribution is 2.39. The number of epoxide rings is 1. The maximum Gasteiger partial charge on any atom is 0.308 e. The fraction of sp³-hybridized carbons (Fsp3) is 0.938. The molecule has 19 heavy (non-hydrogen) atoms. The minimum Gasteiger partial charge on any atom is -0.465 e. The summed E-state index contributed by atoms with van der Waals surface area (Å²) in [7, 11) is 0. The van der Waals surface area contributed by atoms with Gasteiger partial charge in [0.05, 0.1) is 24.7 Å². The van der Waals surface area contributed by atoms with E-state index in [-0.39, 0.29) is 11.9 Å². The minimum atomic E-state index is -0.0119. The van der Waals surface area contributed by atoms with Crippen molar-refractivity contribution in [2.45, 2.75) is 71.5 Å². The highest BCUT2D eigenvalue weighted by atomic mass is 16.6. The third-order valence-electron chi connectivity index (χ3n) is 4.77. The van der Waals surface area contributed by atoms with Gasteiger partial charge in [-0.25, -0.2) is 0 Å². The van der Waals surface area contributed by atoms with E-state index in [1.54, 1.807) is 0 Å². The van der Waals surface area contributed by atoms with Crippen molar-refractivity contribution >= 4 is 5.97 Å². The number of rotatable bonds is 7. The molecule has 1 aliphatic carbocycles. The van der Waals surface area contributed by atoms with E-state index in [1.807, 2.05) is 6.92 Å². The number of fused-ring (bicyclic) bond motifs is 1. The van der Waals surface area contributed by atoms with Crippen molar-refractivity contribution in [3.8, 4) is 0 Å². The Morgan fingerprint density at radius 2 is 2.05 bits per heavy atom. The molecule has 0 bridgehead atoms. The second-order valence-electron chi connectivity index (χ2n) is 6.51. The number of carbonyl (C=O) groups excluding carboxylic acids is 1. The molecule has 0 amide bonds. The van der Waals surface area contributed by atoms with Crippen molar-refractivity contribution in [1.29, 1.82) is 0 Å². The molecule has 2 rings (SSSR count). The van der Waals surface area contributed by atoms with Crippen LogP contribution in [0.25, 0.3) is 0 Å². The molecular formula is C16H28O3. The van der Waals surface area contributed by atoms with Crippen molar-refractivity contribution in [3.05, 3.63) is 0 Å². The van der Waals surface area contributed by atoms with E-state index in [9.17, 15) is 4.79 Å². The lowest BCUT2D eigenvalue weighted by molar-refractivity contribution is -0.149. The SMILES string of the molecule is CCC(C)CCC(C)C(=O)OCC1CCC2OC2C1. The van der Waals surface area contributed by atoms with Crippen molar-refractivity contribution in [1.82, 2.24) is 0 Å². The molecule has 1 saturated heterocycles. The average molecular weight is 268 g/mol. The second-order valence-corrected chi connectivity index (χ2v) is 6.51. The van der Waals surface area contributed by atoms with Crippen LogP contribution in [-0.4, -0.2) is 24.8 Å². The van der Waals surface area contributed by atoms with E-state index in [4.69, 9.17) is 9.47 Å². The van der Waals surface area contributed by atoms with E-state index in [2.05, 4.69) is 13.8 Å². The fourth-order valence-corrected chi connectivity index (χ4v) is 2.84. The van der Waals surface area contributed by atoms with Crippen molar-refractivity contribution < 1.29 is 14.3 Å². The Hall–Kier alpha value is -0.570. The molecule has 0 aromatic heterocycles. The van der Waals surface area contributed by atoms with Crippen molar-refractivity contribution in [2.75, 3.05) is 6.61 Å². The van der Waals surface area contributed by atoms with Gasteiger partial charge in [-0.05, 0) is 43.9 Å². The largest absolute Gasteiger partial charge is 0.465 e. The lowest BCUT2D eigenvalue weighted by Crippen LogP contribution is -2.23. The molecule has 0 aromatic rings. The lowest BCUT2D eigenvalue weighted by atomic mass is 9.90. The third-order valence-corrected chi connectivity index (χ3v) is 4.77. The van der Waals surface area contributed by atoms with Gasteiger partial charge in [-0.15, -0.1) is 0 Å². The fourth-order valence-electron chi connectivity index (χ4n) is 2.84. The van der Waals surface area contributed by atoms with E-state index in [0.717, 1.165) is 32.1 Å². The Labute approximate surface area is 117 Å². The smallest absolute Gasteiger partial charge is 0.308 e. The molecule has 0 aromatic carbocycles. The first-order chi connectivity index (χ1) is 9.10. The zero-order valence-corrected chi connectivity index (χ0v) is 12.6. The zero-order chi connectivity index (χ0) is 13.8. The predicted molar refractivity (Wildman–Crippen MR) is 74.8 cm³/mol. The van der Waals surface area contributed by atoms with Crippen molar-refractivity contribution in [3.63, 3.8) is 0 Å². The summed E-state index contributed by atoms with van der Waals surface area (Å²) in [6.07, 6.45) is 7.64. The summed E-state index contributed by atoms with van der Waals surface area (Å²) >= 11 is 0. The highest BCUT2D eigenvalue weighted by molar-refractivity contribution is 5.71. The summed E-state index contributed by atoms with van der Waals surface area (Å²) < 4.78 is 11.0. The van der Waals surface area contributed by atoms with Crippen molar-refractivity contribution in [2.24, 2.45) is 17.8 Å². The molecular weight excluding hydrogens is 240 g/mol. The molecule has 5 atom stereocenters. The van der Waals surface area contributed by atoms with Crippen LogP contribution in [0.15, 0.2) is 0 Å². The number of ether oxygens (including phenoxy) is 2. The van der Waals surface area contributed by atoms with Crippen LogP contribution in [0.3, 0.4) is 0 Å². The molecule has 1 saturated carbocycles. The second kappa shape index (κ2) is 6.74. The molecule has 3 heteroatoms. The molecule has 0 spiro atoms. The quantitative estimate of drug-likeness (QED) is 0.523. The predicted octanol–water partition coefficient (Wildman–Crippen LogP) is 3.56. The van der Waals surface area contributed by atoms with Gasteiger partial charge in [0.15, 0.2) is 0 Å². The molecule has 110 valence electrons. The van der Waals surface area contributed by atoms with E-state index in [0.29, 0.717) is 30.7 Å². The van der Waals surface area contributed by atoms with Crippen LogP contribution >= 0.6 is 0 Å². The first kappa shape index (κ1) is 14.8. The Bertz CT molecular complexity index is 302. The first-order valence-electron chi connectivity index (χ1n) is 7.92. The van der Waals surface area contributed by atoms with Gasteiger partial charge in [-0.2, -0.15) is 0 Å². The van der Waals surface area contributed by atoms with Gasteiger partial charge in [-0.3, -0.25) is 4.79 Å². The van der Waals surface area contributed by atoms with Gasteiger partial charge < -0.3 is 9.47 Å². The maximum absolute atomic E-state index is 11.9. The van der Waals surface area contributed by atoms with Gasteiger partial charge in [0.25, 0.3) is 0 Å². The van der Waals surface area contributed by atoms with Crippen LogP contribution in [-0.2, 0) is 14.3 Å². The molecule has 2 fully saturated rings. The summed E-state index contributed by atoms with van der Waals surface area (Å²) in [5, 5.41) is 0. The van der Waals surface area contributed by atoms with Gasteiger partial charge >= 0.3 is 5.97 Å². The lowest BCUT2D eigenvalue weighted by Gasteiger charge is -2.20. The molecule has 0 radical (unpaired) electrons. The molecule has 1 heterocycles. The van der Waals surface area contributed by atoms with Crippen LogP contribution in [0.1, 0.15) is 59.3 Å². The summed E-state index contributed by atoms with van der Waals surface area (Å²) in [5.74, 6) is 1.26. The van der Waals surface area contributed by atoms with Gasteiger partial charge in [0.1, 0.15) is 0 Å². The summed E-state index contributed by atoms with van der Waals surface area (Å²) in [6, 6.07) is 0. The number of esters is 1. The van der Waals surface area contributed by atoms with Crippen LogP contribution in [0.2, 0.25) is 0 Å². The Kier molecular flexibility index (Phi) is 5.26. The zero-order valence-electron chi connectivity index (χ0n) is 12.6. The average Bonchev–Trinajstić information content (AvgIpc) is 3.19. The van der Waals surface area contributed by atoms with Crippen LogP contribution in [0.4, 0.5) is 0 Å². The monoisotopic (exact) mass is 268 g/mol. The third kappa shape index (κ3) is 4.48. The summed E-state index contributed by atoms with van der Waals surface area (Å²) in [5.41, 5.74) is 0. The highest BCUT2D eigenvalue weighted by Gasteiger charge is 2.44. The molecule has 2 aliphatic rings. The minimum absolute atomic E-state index is 0.0119. The topological polar surface area (TPSA) is 38.8 Å². The maximum atomic E-state index is 11.9. The first-order valence-corrected chi connectivity index (χ1v) is 7.92.